The van der Waals surface area contributed by atoms with Gasteiger partial charge in [-0.2, -0.15) is 0 Å². The van der Waals surface area contributed by atoms with E-state index in [1.807, 2.05) is 92.7 Å². The van der Waals surface area contributed by atoms with Crippen LogP contribution in [0.15, 0.2) is 78.9 Å². The molecule has 2 amide bonds. The molecule has 0 N–H and O–H groups in total. The summed E-state index contributed by atoms with van der Waals surface area (Å²) in [6.45, 7) is 5.96. The van der Waals surface area contributed by atoms with Crippen LogP contribution in [0.25, 0.3) is 0 Å². The SMILES string of the molecule is CC(=O)N(CC(=O)N(Cc1ccccc1)c1ccccc1)c1ccc(C)c(C)c1. The van der Waals surface area contributed by atoms with Gasteiger partial charge in [0.25, 0.3) is 0 Å². The maximum Gasteiger partial charge on any atom is 0.247 e. The first kappa shape index (κ1) is 20.3. The second-order valence-corrected chi connectivity index (χ2v) is 7.17. The fraction of sp³-hybridized carbons (Fsp3) is 0.200. The molecular formula is C25H26N2O2. The summed E-state index contributed by atoms with van der Waals surface area (Å²) in [6, 6.07) is 25.2. The van der Waals surface area contributed by atoms with Crippen molar-refractivity contribution in [1.29, 1.82) is 0 Å². The molecule has 148 valence electrons. The van der Waals surface area contributed by atoms with Gasteiger partial charge in [-0.3, -0.25) is 9.59 Å². The maximum absolute atomic E-state index is 13.3. The molecule has 0 aromatic heterocycles. The number of benzene rings is 3. The fourth-order valence-electron chi connectivity index (χ4n) is 3.20. The molecule has 0 radical (unpaired) electrons. The van der Waals surface area contributed by atoms with Crippen molar-refractivity contribution in [3.63, 3.8) is 0 Å². The zero-order chi connectivity index (χ0) is 20.8. The van der Waals surface area contributed by atoms with Gasteiger partial charge in [0.2, 0.25) is 11.8 Å². The predicted molar refractivity (Wildman–Crippen MR) is 118 cm³/mol. The molecule has 0 spiro atoms. The van der Waals surface area contributed by atoms with Crippen LogP contribution in [-0.2, 0) is 16.1 Å². The summed E-state index contributed by atoms with van der Waals surface area (Å²) >= 11 is 0. The molecule has 29 heavy (non-hydrogen) atoms. The van der Waals surface area contributed by atoms with Crippen LogP contribution in [0.4, 0.5) is 11.4 Å². The average Bonchev–Trinajstić information content (AvgIpc) is 2.73. The van der Waals surface area contributed by atoms with Crippen molar-refractivity contribution < 1.29 is 9.59 Å². The Morgan fingerprint density at radius 2 is 1.34 bits per heavy atom. The van der Waals surface area contributed by atoms with Gasteiger partial charge < -0.3 is 9.80 Å². The Bertz CT molecular complexity index is 984. The highest BCUT2D eigenvalue weighted by atomic mass is 16.2. The molecule has 0 atom stereocenters. The van der Waals surface area contributed by atoms with Crippen molar-refractivity contribution in [3.8, 4) is 0 Å². The molecular weight excluding hydrogens is 360 g/mol. The number of carbonyl (C=O) groups excluding carboxylic acids is 2. The number of hydrogen-bond acceptors (Lipinski definition) is 2. The minimum Gasteiger partial charge on any atom is -0.306 e. The third kappa shape index (κ3) is 5.11. The van der Waals surface area contributed by atoms with Crippen LogP contribution in [0.1, 0.15) is 23.6 Å². The first-order chi connectivity index (χ1) is 14.0. The zero-order valence-corrected chi connectivity index (χ0v) is 17.1. The molecule has 0 aliphatic carbocycles. The van der Waals surface area contributed by atoms with Crippen LogP contribution >= 0.6 is 0 Å². The first-order valence-electron chi connectivity index (χ1n) is 9.70. The summed E-state index contributed by atoms with van der Waals surface area (Å²) in [7, 11) is 0. The van der Waals surface area contributed by atoms with Gasteiger partial charge in [0.15, 0.2) is 0 Å². The summed E-state index contributed by atoms with van der Waals surface area (Å²) in [5, 5.41) is 0. The van der Waals surface area contributed by atoms with E-state index in [1.54, 1.807) is 4.90 Å². The lowest BCUT2D eigenvalue weighted by Crippen LogP contribution is -2.42. The zero-order valence-electron chi connectivity index (χ0n) is 17.1. The van der Waals surface area contributed by atoms with Gasteiger partial charge in [-0.15, -0.1) is 0 Å². The minimum absolute atomic E-state index is 0.0143. The number of hydrogen-bond donors (Lipinski definition) is 0. The van der Waals surface area contributed by atoms with Crippen LogP contribution in [0.2, 0.25) is 0 Å². The predicted octanol–water partition coefficient (Wildman–Crippen LogP) is 4.89. The minimum atomic E-state index is -0.158. The highest BCUT2D eigenvalue weighted by Crippen LogP contribution is 2.22. The second-order valence-electron chi connectivity index (χ2n) is 7.17. The van der Waals surface area contributed by atoms with Crippen molar-refractivity contribution in [1.82, 2.24) is 0 Å². The molecule has 0 unspecified atom stereocenters. The quantitative estimate of drug-likeness (QED) is 0.605. The monoisotopic (exact) mass is 386 g/mol. The average molecular weight is 386 g/mol. The van der Waals surface area contributed by atoms with Crippen LogP contribution in [0, 0.1) is 13.8 Å². The number of carbonyl (C=O) groups is 2. The Hall–Kier alpha value is -3.40. The van der Waals surface area contributed by atoms with Gasteiger partial charge in [0.1, 0.15) is 6.54 Å². The Morgan fingerprint density at radius 3 is 1.93 bits per heavy atom. The molecule has 3 aromatic carbocycles. The van der Waals surface area contributed by atoms with Crippen LogP contribution in [-0.4, -0.2) is 18.4 Å². The fourth-order valence-corrected chi connectivity index (χ4v) is 3.20. The van der Waals surface area contributed by atoms with E-state index in [9.17, 15) is 9.59 Å². The molecule has 3 rings (SSSR count). The van der Waals surface area contributed by atoms with Crippen LogP contribution in [0.3, 0.4) is 0 Å². The topological polar surface area (TPSA) is 40.6 Å². The van der Waals surface area contributed by atoms with E-state index < -0.39 is 0 Å². The maximum atomic E-state index is 13.3. The van der Waals surface area contributed by atoms with Crippen LogP contribution < -0.4 is 9.80 Å². The lowest BCUT2D eigenvalue weighted by atomic mass is 10.1. The second kappa shape index (κ2) is 9.20. The van der Waals surface area contributed by atoms with Crippen molar-refractivity contribution in [2.45, 2.75) is 27.3 Å². The largest absolute Gasteiger partial charge is 0.306 e. The molecule has 3 aromatic rings. The van der Waals surface area contributed by atoms with Crippen LogP contribution in [0.5, 0.6) is 0 Å². The summed E-state index contributed by atoms with van der Waals surface area (Å²) in [4.78, 5) is 28.9. The highest BCUT2D eigenvalue weighted by molar-refractivity contribution is 6.03. The van der Waals surface area contributed by atoms with Crippen molar-refractivity contribution in [2.24, 2.45) is 0 Å². The third-order valence-electron chi connectivity index (χ3n) is 5.03. The Balaban J connectivity index is 1.89. The molecule has 0 aliphatic rings. The molecule has 0 aliphatic heterocycles. The van der Waals surface area contributed by atoms with E-state index in [0.717, 1.165) is 28.1 Å². The molecule has 4 heteroatoms. The summed E-state index contributed by atoms with van der Waals surface area (Å²) in [5.74, 6) is -0.289. The van der Waals surface area contributed by atoms with E-state index >= 15 is 0 Å². The van der Waals surface area contributed by atoms with E-state index in [2.05, 4.69) is 0 Å². The lowest BCUT2D eigenvalue weighted by Gasteiger charge is -2.28. The van der Waals surface area contributed by atoms with Gasteiger partial charge >= 0.3 is 0 Å². The van der Waals surface area contributed by atoms with Crippen molar-refractivity contribution in [2.75, 3.05) is 16.3 Å². The number of anilines is 2. The van der Waals surface area contributed by atoms with Gasteiger partial charge in [0.05, 0.1) is 6.54 Å². The van der Waals surface area contributed by atoms with E-state index in [1.165, 1.54) is 11.8 Å². The number of rotatable bonds is 6. The first-order valence-corrected chi connectivity index (χ1v) is 9.70. The number of aryl methyl sites for hydroxylation is 2. The molecule has 0 fully saturated rings. The number of amides is 2. The Morgan fingerprint density at radius 1 is 0.724 bits per heavy atom. The molecule has 0 bridgehead atoms. The molecule has 4 nitrogen and oxygen atoms in total. The Labute approximate surface area is 172 Å². The van der Waals surface area contributed by atoms with Crippen molar-refractivity contribution >= 4 is 23.2 Å². The third-order valence-corrected chi connectivity index (χ3v) is 5.03. The van der Waals surface area contributed by atoms with Gasteiger partial charge in [-0.05, 0) is 54.8 Å². The van der Waals surface area contributed by atoms with E-state index in [-0.39, 0.29) is 18.4 Å². The summed E-state index contributed by atoms with van der Waals surface area (Å²) < 4.78 is 0. The molecule has 0 heterocycles. The molecule has 0 saturated carbocycles. The van der Waals surface area contributed by atoms with Crippen molar-refractivity contribution in [3.05, 3.63) is 95.6 Å². The van der Waals surface area contributed by atoms with Gasteiger partial charge in [0, 0.05) is 18.3 Å². The summed E-state index contributed by atoms with van der Waals surface area (Å²) in [5.41, 5.74) is 4.82. The lowest BCUT2D eigenvalue weighted by molar-refractivity contribution is -0.121. The highest BCUT2D eigenvalue weighted by Gasteiger charge is 2.22. The van der Waals surface area contributed by atoms with E-state index in [0.29, 0.717) is 6.54 Å². The summed E-state index contributed by atoms with van der Waals surface area (Å²) in [6.07, 6.45) is 0. The molecule has 0 saturated heterocycles. The smallest absolute Gasteiger partial charge is 0.247 e. The normalized spacial score (nSPS) is 10.4. The standard InChI is InChI=1S/C25H26N2O2/c1-19-14-15-24(16-20(19)2)26(21(3)28)18-25(29)27(23-12-8-5-9-13-23)17-22-10-6-4-7-11-22/h4-16H,17-18H2,1-3H3. The van der Waals surface area contributed by atoms with Gasteiger partial charge in [-0.25, -0.2) is 0 Å². The van der Waals surface area contributed by atoms with Gasteiger partial charge in [-0.1, -0.05) is 54.6 Å². The number of para-hydroxylation sites is 1. The Kier molecular flexibility index (Phi) is 6.45. The number of nitrogens with zero attached hydrogens (tertiary/aromatic N) is 2. The van der Waals surface area contributed by atoms with E-state index in [4.69, 9.17) is 0 Å².